The van der Waals surface area contributed by atoms with Crippen molar-refractivity contribution in [2.75, 3.05) is 13.7 Å². The molecule has 2 aromatic carbocycles. The first kappa shape index (κ1) is 17.2. The molecule has 0 unspecified atom stereocenters. The van der Waals surface area contributed by atoms with Gasteiger partial charge in [-0.3, -0.25) is 9.88 Å². The molecule has 0 bridgehead atoms. The van der Waals surface area contributed by atoms with E-state index < -0.39 is 0 Å². The predicted octanol–water partition coefficient (Wildman–Crippen LogP) is 4.34. The zero-order chi connectivity index (χ0) is 17.3. The quantitative estimate of drug-likeness (QED) is 0.614. The van der Waals surface area contributed by atoms with Gasteiger partial charge in [0.15, 0.2) is 0 Å². The van der Waals surface area contributed by atoms with E-state index in [9.17, 15) is 0 Å². The van der Waals surface area contributed by atoms with Gasteiger partial charge in [-0.1, -0.05) is 42.5 Å². The molecule has 3 heteroatoms. The monoisotopic (exact) mass is 332 g/mol. The van der Waals surface area contributed by atoms with Crippen LogP contribution in [0.4, 0.5) is 0 Å². The van der Waals surface area contributed by atoms with Gasteiger partial charge in [0.05, 0.1) is 7.11 Å². The second-order valence-corrected chi connectivity index (χ2v) is 6.15. The van der Waals surface area contributed by atoms with Gasteiger partial charge in [0.25, 0.3) is 0 Å². The Morgan fingerprint density at radius 1 is 0.800 bits per heavy atom. The van der Waals surface area contributed by atoms with E-state index in [4.69, 9.17) is 4.74 Å². The highest BCUT2D eigenvalue weighted by Gasteiger charge is 2.08. The summed E-state index contributed by atoms with van der Waals surface area (Å²) in [5.41, 5.74) is 3.92. The Labute approximate surface area is 149 Å². The van der Waals surface area contributed by atoms with Crippen LogP contribution in [0.3, 0.4) is 0 Å². The molecule has 0 aliphatic carbocycles. The second kappa shape index (κ2) is 9.00. The van der Waals surface area contributed by atoms with E-state index in [1.54, 1.807) is 7.11 Å². The minimum absolute atomic E-state index is 0.895. The first-order chi connectivity index (χ1) is 12.3. The molecule has 0 aliphatic heterocycles. The molecule has 0 saturated carbocycles. The standard InChI is InChI=1S/C22H24N2O/c1-25-22-9-5-8-21(16-22)18-24(17-20-10-13-23-14-11-20)15-12-19-6-3-2-4-7-19/h2-11,13-14,16H,12,15,17-18H2,1H3. The van der Waals surface area contributed by atoms with Gasteiger partial charge < -0.3 is 4.74 Å². The van der Waals surface area contributed by atoms with E-state index in [1.165, 1.54) is 16.7 Å². The van der Waals surface area contributed by atoms with E-state index in [0.717, 1.165) is 31.8 Å². The normalized spacial score (nSPS) is 10.8. The second-order valence-electron chi connectivity index (χ2n) is 6.15. The minimum atomic E-state index is 0.895. The van der Waals surface area contributed by atoms with E-state index in [1.807, 2.05) is 18.5 Å². The van der Waals surface area contributed by atoms with Crippen molar-refractivity contribution < 1.29 is 4.74 Å². The van der Waals surface area contributed by atoms with Crippen LogP contribution in [-0.2, 0) is 19.5 Å². The third-order valence-electron chi connectivity index (χ3n) is 4.26. The van der Waals surface area contributed by atoms with Gasteiger partial charge >= 0.3 is 0 Å². The SMILES string of the molecule is COc1cccc(CN(CCc2ccccc2)Cc2ccncc2)c1. The molecule has 0 saturated heterocycles. The van der Waals surface area contributed by atoms with Crippen molar-refractivity contribution in [1.82, 2.24) is 9.88 Å². The number of methoxy groups -OCH3 is 1. The van der Waals surface area contributed by atoms with Crippen LogP contribution in [0.15, 0.2) is 79.1 Å². The number of benzene rings is 2. The zero-order valence-corrected chi connectivity index (χ0v) is 14.6. The zero-order valence-electron chi connectivity index (χ0n) is 14.6. The summed E-state index contributed by atoms with van der Waals surface area (Å²) in [4.78, 5) is 6.59. The maximum absolute atomic E-state index is 5.36. The Hall–Kier alpha value is -2.65. The van der Waals surface area contributed by atoms with Crippen LogP contribution in [0.25, 0.3) is 0 Å². The average molecular weight is 332 g/mol. The molecule has 128 valence electrons. The van der Waals surface area contributed by atoms with Gasteiger partial charge in [-0.2, -0.15) is 0 Å². The summed E-state index contributed by atoms with van der Waals surface area (Å²) in [7, 11) is 1.71. The topological polar surface area (TPSA) is 25.4 Å². The van der Waals surface area contributed by atoms with Crippen LogP contribution in [-0.4, -0.2) is 23.5 Å². The van der Waals surface area contributed by atoms with Gasteiger partial charge in [-0.15, -0.1) is 0 Å². The molecule has 3 rings (SSSR count). The molecule has 3 aromatic rings. The summed E-state index contributed by atoms with van der Waals surface area (Å²) in [6.07, 6.45) is 4.75. The van der Waals surface area contributed by atoms with Crippen molar-refractivity contribution >= 4 is 0 Å². The lowest BCUT2D eigenvalue weighted by molar-refractivity contribution is 0.259. The molecule has 0 amide bonds. The molecule has 0 N–H and O–H groups in total. The number of rotatable bonds is 8. The molecular weight excluding hydrogens is 308 g/mol. The van der Waals surface area contributed by atoms with E-state index in [2.05, 4.69) is 70.5 Å². The number of nitrogens with zero attached hydrogens (tertiary/aromatic N) is 2. The lowest BCUT2D eigenvalue weighted by Gasteiger charge is -2.23. The Bertz CT molecular complexity index is 759. The van der Waals surface area contributed by atoms with Crippen molar-refractivity contribution in [1.29, 1.82) is 0 Å². The van der Waals surface area contributed by atoms with Crippen molar-refractivity contribution in [3.8, 4) is 5.75 Å². The summed E-state index contributed by atoms with van der Waals surface area (Å²) >= 11 is 0. The number of hydrogen-bond donors (Lipinski definition) is 0. The third-order valence-corrected chi connectivity index (χ3v) is 4.26. The molecule has 0 atom stereocenters. The Balaban J connectivity index is 1.71. The van der Waals surface area contributed by atoms with E-state index in [0.29, 0.717) is 0 Å². The van der Waals surface area contributed by atoms with Crippen molar-refractivity contribution in [3.63, 3.8) is 0 Å². The van der Waals surface area contributed by atoms with Crippen LogP contribution in [0.5, 0.6) is 5.75 Å². The van der Waals surface area contributed by atoms with Gasteiger partial charge in [0, 0.05) is 32.0 Å². The first-order valence-corrected chi connectivity index (χ1v) is 8.61. The summed E-state index contributed by atoms with van der Waals surface area (Å²) in [5.74, 6) is 0.907. The van der Waals surface area contributed by atoms with Gasteiger partial charge in [0.2, 0.25) is 0 Å². The fourth-order valence-corrected chi connectivity index (χ4v) is 2.92. The molecule has 25 heavy (non-hydrogen) atoms. The highest BCUT2D eigenvalue weighted by molar-refractivity contribution is 5.28. The molecular formula is C22H24N2O. The molecule has 0 radical (unpaired) electrons. The minimum Gasteiger partial charge on any atom is -0.497 e. The largest absolute Gasteiger partial charge is 0.497 e. The Morgan fingerprint density at radius 3 is 2.28 bits per heavy atom. The van der Waals surface area contributed by atoms with Crippen molar-refractivity contribution in [2.45, 2.75) is 19.5 Å². The fourth-order valence-electron chi connectivity index (χ4n) is 2.92. The summed E-state index contributed by atoms with van der Waals surface area (Å²) in [5, 5.41) is 0. The van der Waals surface area contributed by atoms with Crippen LogP contribution in [0, 0.1) is 0 Å². The number of pyridine rings is 1. The number of ether oxygens (including phenoxy) is 1. The van der Waals surface area contributed by atoms with Gasteiger partial charge in [0.1, 0.15) is 5.75 Å². The smallest absolute Gasteiger partial charge is 0.119 e. The van der Waals surface area contributed by atoms with E-state index >= 15 is 0 Å². The molecule has 1 heterocycles. The Morgan fingerprint density at radius 2 is 1.52 bits per heavy atom. The highest BCUT2D eigenvalue weighted by atomic mass is 16.5. The van der Waals surface area contributed by atoms with Crippen molar-refractivity contribution in [2.24, 2.45) is 0 Å². The van der Waals surface area contributed by atoms with Crippen LogP contribution < -0.4 is 4.74 Å². The fraction of sp³-hybridized carbons (Fsp3) is 0.227. The highest BCUT2D eigenvalue weighted by Crippen LogP contribution is 2.16. The molecule has 0 fully saturated rings. The first-order valence-electron chi connectivity index (χ1n) is 8.61. The van der Waals surface area contributed by atoms with Crippen LogP contribution in [0.1, 0.15) is 16.7 Å². The van der Waals surface area contributed by atoms with Crippen molar-refractivity contribution in [3.05, 3.63) is 95.8 Å². The predicted molar refractivity (Wildman–Crippen MR) is 101 cm³/mol. The summed E-state index contributed by atoms with van der Waals surface area (Å²) in [6.45, 7) is 2.81. The lowest BCUT2D eigenvalue weighted by Crippen LogP contribution is -2.25. The molecule has 3 nitrogen and oxygen atoms in total. The van der Waals surface area contributed by atoms with Crippen LogP contribution in [0.2, 0.25) is 0 Å². The third kappa shape index (κ3) is 5.44. The molecule has 1 aromatic heterocycles. The van der Waals surface area contributed by atoms with Gasteiger partial charge in [-0.25, -0.2) is 0 Å². The Kier molecular flexibility index (Phi) is 6.18. The lowest BCUT2D eigenvalue weighted by atomic mass is 10.1. The summed E-state index contributed by atoms with van der Waals surface area (Å²) in [6, 6.07) is 23.1. The maximum atomic E-state index is 5.36. The van der Waals surface area contributed by atoms with Gasteiger partial charge in [-0.05, 0) is 47.4 Å². The molecule has 0 spiro atoms. The number of aromatic nitrogens is 1. The summed E-state index contributed by atoms with van der Waals surface area (Å²) < 4.78 is 5.36. The average Bonchev–Trinajstić information content (AvgIpc) is 2.68. The number of hydrogen-bond acceptors (Lipinski definition) is 3. The maximum Gasteiger partial charge on any atom is 0.119 e. The van der Waals surface area contributed by atoms with Crippen LogP contribution >= 0.6 is 0 Å². The van der Waals surface area contributed by atoms with E-state index in [-0.39, 0.29) is 0 Å². The molecule has 0 aliphatic rings.